The minimum atomic E-state index is -0.886. The fraction of sp³-hybridized carbons (Fsp3) is 0.231. The van der Waals surface area contributed by atoms with Crippen LogP contribution in [0.25, 0.3) is 11.3 Å². The van der Waals surface area contributed by atoms with Gasteiger partial charge in [0.05, 0.1) is 11.8 Å². The molecule has 0 aliphatic heterocycles. The number of hydrogen-bond donors (Lipinski definition) is 0. The quantitative estimate of drug-likeness (QED) is 0.828. The molecule has 90 valence electrons. The summed E-state index contributed by atoms with van der Waals surface area (Å²) in [7, 11) is 0. The Morgan fingerprint density at radius 2 is 2.06 bits per heavy atom. The van der Waals surface area contributed by atoms with Gasteiger partial charge in [-0.1, -0.05) is 0 Å². The van der Waals surface area contributed by atoms with Crippen LogP contribution < -0.4 is 0 Å². The van der Waals surface area contributed by atoms with Crippen molar-refractivity contribution in [3.63, 3.8) is 0 Å². The highest BCUT2D eigenvalue weighted by molar-refractivity contribution is 7.10. The summed E-state index contributed by atoms with van der Waals surface area (Å²) >= 11 is 1.40. The Labute approximate surface area is 107 Å². The largest absolute Gasteiger partial charge is 0.240 e. The van der Waals surface area contributed by atoms with Gasteiger partial charge >= 0.3 is 0 Å². The Hall–Kier alpha value is -1.80. The van der Waals surface area contributed by atoms with Gasteiger partial charge in [-0.2, -0.15) is 5.26 Å². The van der Waals surface area contributed by atoms with Crippen LogP contribution in [0.15, 0.2) is 23.6 Å². The molecular formula is C13H8F2N2S. The number of benzene rings is 1. The first kappa shape index (κ1) is 11.3. The Balaban J connectivity index is 1.98. The van der Waals surface area contributed by atoms with Gasteiger partial charge in [-0.25, -0.2) is 13.8 Å². The van der Waals surface area contributed by atoms with Crippen LogP contribution in [0.3, 0.4) is 0 Å². The van der Waals surface area contributed by atoms with E-state index >= 15 is 0 Å². The van der Waals surface area contributed by atoms with Crippen LogP contribution in [0.1, 0.15) is 17.8 Å². The molecule has 1 aromatic carbocycles. The van der Waals surface area contributed by atoms with Crippen LogP contribution in [-0.2, 0) is 5.41 Å². The summed E-state index contributed by atoms with van der Waals surface area (Å²) in [6.45, 7) is 0. The number of aromatic nitrogens is 1. The lowest BCUT2D eigenvalue weighted by atomic mass is 10.1. The van der Waals surface area contributed by atoms with Crippen molar-refractivity contribution in [1.82, 2.24) is 4.98 Å². The number of nitrogens with zero attached hydrogens (tertiary/aromatic N) is 2. The predicted octanol–water partition coefficient (Wildman–Crippen LogP) is 3.64. The second-order valence-corrected chi connectivity index (χ2v) is 5.22. The number of rotatable bonds is 2. The van der Waals surface area contributed by atoms with Crippen molar-refractivity contribution < 1.29 is 8.78 Å². The topological polar surface area (TPSA) is 36.7 Å². The zero-order valence-corrected chi connectivity index (χ0v) is 10.1. The molecule has 3 rings (SSSR count). The summed E-state index contributed by atoms with van der Waals surface area (Å²) in [4.78, 5) is 4.36. The second-order valence-electron chi connectivity index (χ2n) is 4.36. The smallest absolute Gasteiger partial charge is 0.159 e. The standard InChI is InChI=1S/C13H8F2N2S/c14-9-2-1-8(5-10(9)15)11-6-18-12(17-11)13(7-16)3-4-13/h1-2,5-6H,3-4H2. The lowest BCUT2D eigenvalue weighted by Gasteiger charge is -1.99. The molecule has 1 saturated carbocycles. The summed E-state index contributed by atoms with van der Waals surface area (Å²) in [6, 6.07) is 5.97. The van der Waals surface area contributed by atoms with Gasteiger partial charge in [-0.15, -0.1) is 11.3 Å². The lowest BCUT2D eigenvalue weighted by molar-refractivity contribution is 0.509. The summed E-state index contributed by atoms with van der Waals surface area (Å²) < 4.78 is 26.0. The summed E-state index contributed by atoms with van der Waals surface area (Å²) in [5.41, 5.74) is 0.696. The van der Waals surface area contributed by atoms with Crippen molar-refractivity contribution in [2.24, 2.45) is 0 Å². The highest BCUT2D eigenvalue weighted by Gasteiger charge is 2.47. The predicted molar refractivity (Wildman–Crippen MR) is 64.0 cm³/mol. The maximum atomic E-state index is 13.1. The van der Waals surface area contributed by atoms with Crippen LogP contribution in [0.5, 0.6) is 0 Å². The molecule has 0 spiro atoms. The highest BCUT2D eigenvalue weighted by Crippen LogP contribution is 2.49. The van der Waals surface area contributed by atoms with E-state index in [1.54, 1.807) is 5.38 Å². The molecule has 0 radical (unpaired) electrons. The van der Waals surface area contributed by atoms with Crippen molar-refractivity contribution in [3.05, 3.63) is 40.2 Å². The van der Waals surface area contributed by atoms with Crippen molar-refractivity contribution >= 4 is 11.3 Å². The summed E-state index contributed by atoms with van der Waals surface area (Å²) in [5.74, 6) is -1.76. The molecule has 1 aromatic heterocycles. The van der Waals surface area contributed by atoms with Crippen LogP contribution in [-0.4, -0.2) is 4.98 Å². The second kappa shape index (κ2) is 3.85. The molecule has 0 saturated heterocycles. The SMILES string of the molecule is N#CC1(c2nc(-c3ccc(F)c(F)c3)cs2)CC1. The lowest BCUT2D eigenvalue weighted by Crippen LogP contribution is -2.01. The number of nitriles is 1. The Kier molecular flexibility index (Phi) is 2.42. The van der Waals surface area contributed by atoms with E-state index in [1.807, 2.05) is 0 Å². The molecule has 1 aliphatic rings. The number of halogens is 2. The van der Waals surface area contributed by atoms with Gasteiger partial charge in [-0.05, 0) is 31.0 Å². The molecule has 1 heterocycles. The minimum Gasteiger partial charge on any atom is -0.240 e. The average molecular weight is 262 g/mol. The highest BCUT2D eigenvalue weighted by atomic mass is 32.1. The fourth-order valence-electron chi connectivity index (χ4n) is 1.78. The Morgan fingerprint density at radius 3 is 2.67 bits per heavy atom. The van der Waals surface area contributed by atoms with Crippen molar-refractivity contribution in [2.45, 2.75) is 18.3 Å². The van der Waals surface area contributed by atoms with E-state index < -0.39 is 17.0 Å². The third-order valence-electron chi connectivity index (χ3n) is 3.09. The number of hydrogen-bond acceptors (Lipinski definition) is 3. The van der Waals surface area contributed by atoms with E-state index in [4.69, 9.17) is 5.26 Å². The van der Waals surface area contributed by atoms with Gasteiger partial charge < -0.3 is 0 Å². The summed E-state index contributed by atoms with van der Waals surface area (Å²) in [6.07, 6.45) is 1.66. The third-order valence-corrected chi connectivity index (χ3v) is 4.14. The normalized spacial score (nSPS) is 16.3. The molecule has 2 nitrogen and oxygen atoms in total. The molecule has 0 amide bonds. The van der Waals surface area contributed by atoms with E-state index in [2.05, 4.69) is 11.1 Å². The molecule has 5 heteroatoms. The third kappa shape index (κ3) is 1.70. The molecular weight excluding hydrogens is 254 g/mol. The molecule has 0 unspecified atom stereocenters. The molecule has 1 aliphatic carbocycles. The first-order valence-corrected chi connectivity index (χ1v) is 6.35. The van der Waals surface area contributed by atoms with Crippen molar-refractivity contribution in [1.29, 1.82) is 5.26 Å². The first-order valence-electron chi connectivity index (χ1n) is 5.47. The van der Waals surface area contributed by atoms with Gasteiger partial charge in [-0.3, -0.25) is 0 Å². The summed E-state index contributed by atoms with van der Waals surface area (Å²) in [5, 5.41) is 11.6. The first-order chi connectivity index (χ1) is 8.64. The van der Waals surface area contributed by atoms with Gasteiger partial charge in [0, 0.05) is 10.9 Å². The molecule has 0 N–H and O–H groups in total. The van der Waals surface area contributed by atoms with E-state index in [1.165, 1.54) is 17.4 Å². The maximum absolute atomic E-state index is 13.1. The average Bonchev–Trinajstić information content (AvgIpc) is 3.02. The number of thiazole rings is 1. The molecule has 0 bridgehead atoms. The Morgan fingerprint density at radius 1 is 1.28 bits per heavy atom. The molecule has 0 atom stereocenters. The van der Waals surface area contributed by atoms with E-state index in [0.717, 1.165) is 30.0 Å². The zero-order chi connectivity index (χ0) is 12.8. The molecule has 18 heavy (non-hydrogen) atoms. The van der Waals surface area contributed by atoms with Gasteiger partial charge in [0.25, 0.3) is 0 Å². The van der Waals surface area contributed by atoms with E-state index in [-0.39, 0.29) is 0 Å². The van der Waals surface area contributed by atoms with Crippen molar-refractivity contribution in [3.8, 4) is 17.3 Å². The van der Waals surface area contributed by atoms with E-state index in [0.29, 0.717) is 11.3 Å². The molecule has 1 fully saturated rings. The van der Waals surface area contributed by atoms with Crippen molar-refractivity contribution in [2.75, 3.05) is 0 Å². The monoisotopic (exact) mass is 262 g/mol. The minimum absolute atomic E-state index is 0.429. The fourth-order valence-corrected chi connectivity index (χ4v) is 2.82. The Bertz CT molecular complexity index is 653. The van der Waals surface area contributed by atoms with Gasteiger partial charge in [0.15, 0.2) is 11.6 Å². The van der Waals surface area contributed by atoms with Crippen LogP contribution in [0.2, 0.25) is 0 Å². The van der Waals surface area contributed by atoms with Crippen LogP contribution >= 0.6 is 11.3 Å². The zero-order valence-electron chi connectivity index (χ0n) is 9.28. The molecule has 2 aromatic rings. The van der Waals surface area contributed by atoms with Crippen LogP contribution in [0, 0.1) is 23.0 Å². The maximum Gasteiger partial charge on any atom is 0.159 e. The van der Waals surface area contributed by atoms with Crippen LogP contribution in [0.4, 0.5) is 8.78 Å². The van der Waals surface area contributed by atoms with Gasteiger partial charge in [0.2, 0.25) is 0 Å². The van der Waals surface area contributed by atoms with Gasteiger partial charge in [0.1, 0.15) is 10.4 Å². The van der Waals surface area contributed by atoms with E-state index in [9.17, 15) is 8.78 Å².